The lowest BCUT2D eigenvalue weighted by atomic mass is 9.96. The average Bonchev–Trinajstić information content (AvgIpc) is 3.10. The maximum atomic E-state index is 12.5. The summed E-state index contributed by atoms with van der Waals surface area (Å²) in [5.41, 5.74) is 1.84. The van der Waals surface area contributed by atoms with Crippen LogP contribution in [0.25, 0.3) is 5.69 Å². The molecule has 1 aromatic heterocycles. The molecule has 8 nitrogen and oxygen atoms in total. The highest BCUT2D eigenvalue weighted by Crippen LogP contribution is 2.32. The number of benzene rings is 1. The fraction of sp³-hybridized carbons (Fsp3) is 0.526. The molecule has 0 bridgehead atoms. The minimum absolute atomic E-state index is 0. The molecule has 2 N–H and O–H groups in total. The molecule has 1 amide bonds. The molecule has 28 heavy (non-hydrogen) atoms. The van der Waals surface area contributed by atoms with Gasteiger partial charge in [0.2, 0.25) is 0 Å². The molecule has 1 atom stereocenters. The first kappa shape index (κ1) is 20.4. The van der Waals surface area contributed by atoms with Gasteiger partial charge in [-0.1, -0.05) is 5.21 Å². The summed E-state index contributed by atoms with van der Waals surface area (Å²) < 4.78 is 12.8. The van der Waals surface area contributed by atoms with Crippen LogP contribution in [0, 0.1) is 12.8 Å². The minimum atomic E-state index is -0.180. The van der Waals surface area contributed by atoms with Gasteiger partial charge in [0.15, 0.2) is 17.2 Å². The molecule has 3 heterocycles. The van der Waals surface area contributed by atoms with Gasteiger partial charge in [0.1, 0.15) is 13.2 Å². The molecule has 152 valence electrons. The van der Waals surface area contributed by atoms with Crippen LogP contribution in [-0.4, -0.2) is 53.7 Å². The molecule has 9 heteroatoms. The van der Waals surface area contributed by atoms with Gasteiger partial charge in [-0.2, -0.15) is 0 Å². The Labute approximate surface area is 170 Å². The molecule has 0 radical (unpaired) electrons. The Morgan fingerprint density at radius 3 is 2.93 bits per heavy atom. The van der Waals surface area contributed by atoms with E-state index in [0.29, 0.717) is 42.8 Å². The van der Waals surface area contributed by atoms with E-state index in [4.69, 9.17) is 9.47 Å². The van der Waals surface area contributed by atoms with Crippen molar-refractivity contribution in [3.05, 3.63) is 29.6 Å². The number of piperidine rings is 1. The third-order valence-electron chi connectivity index (χ3n) is 5.12. The Hall–Kier alpha value is -2.32. The molecule has 2 aliphatic rings. The maximum Gasteiger partial charge on any atom is 0.273 e. The number of carbonyl (C=O) groups is 1. The van der Waals surface area contributed by atoms with Gasteiger partial charge in [0.05, 0.1) is 11.4 Å². The summed E-state index contributed by atoms with van der Waals surface area (Å²) in [6.07, 6.45) is 3.41. The van der Waals surface area contributed by atoms with Crippen LogP contribution in [-0.2, 0) is 0 Å². The summed E-state index contributed by atoms with van der Waals surface area (Å²) in [4.78, 5) is 12.5. The Bertz CT molecular complexity index is 820. The topological polar surface area (TPSA) is 90.3 Å². The van der Waals surface area contributed by atoms with Crippen LogP contribution in [0.1, 0.15) is 35.4 Å². The Morgan fingerprint density at radius 1 is 1.32 bits per heavy atom. The second kappa shape index (κ2) is 9.25. The average molecular weight is 408 g/mol. The molecule has 1 unspecified atom stereocenters. The number of halogens is 1. The summed E-state index contributed by atoms with van der Waals surface area (Å²) in [7, 11) is 0. The quantitative estimate of drug-likeness (QED) is 0.786. The number of hydrogen-bond acceptors (Lipinski definition) is 6. The Kier molecular flexibility index (Phi) is 6.74. The summed E-state index contributed by atoms with van der Waals surface area (Å²) >= 11 is 0. The van der Waals surface area contributed by atoms with Gasteiger partial charge in [-0.3, -0.25) is 4.79 Å². The number of nitrogens with zero attached hydrogens (tertiary/aromatic N) is 3. The van der Waals surface area contributed by atoms with E-state index in [1.165, 1.54) is 12.8 Å². The molecule has 0 saturated carbocycles. The van der Waals surface area contributed by atoms with Crippen molar-refractivity contribution in [1.82, 2.24) is 25.6 Å². The van der Waals surface area contributed by atoms with Gasteiger partial charge in [0, 0.05) is 12.6 Å². The van der Waals surface area contributed by atoms with Gasteiger partial charge in [0.25, 0.3) is 5.91 Å². The highest BCUT2D eigenvalue weighted by Gasteiger charge is 2.20. The van der Waals surface area contributed by atoms with Crippen molar-refractivity contribution in [2.24, 2.45) is 5.92 Å². The number of aromatic nitrogens is 3. The third-order valence-corrected chi connectivity index (χ3v) is 5.12. The van der Waals surface area contributed by atoms with E-state index in [0.717, 1.165) is 30.9 Å². The maximum absolute atomic E-state index is 12.5. The first-order valence-electron chi connectivity index (χ1n) is 9.53. The van der Waals surface area contributed by atoms with Crippen LogP contribution in [0.15, 0.2) is 18.2 Å². The van der Waals surface area contributed by atoms with E-state index in [9.17, 15) is 4.79 Å². The first-order valence-corrected chi connectivity index (χ1v) is 9.53. The molecule has 2 aliphatic heterocycles. The number of amides is 1. The van der Waals surface area contributed by atoms with Gasteiger partial charge < -0.3 is 20.1 Å². The zero-order chi connectivity index (χ0) is 18.6. The molecule has 0 spiro atoms. The number of fused-ring (bicyclic) bond motifs is 1. The first-order chi connectivity index (χ1) is 13.2. The zero-order valence-electron chi connectivity index (χ0n) is 15.9. The van der Waals surface area contributed by atoms with Crippen LogP contribution < -0.4 is 20.1 Å². The predicted octanol–water partition coefficient (Wildman–Crippen LogP) is 1.89. The molecule has 1 aromatic carbocycles. The van der Waals surface area contributed by atoms with Crippen LogP contribution in [0.2, 0.25) is 0 Å². The lowest BCUT2D eigenvalue weighted by Gasteiger charge is -2.22. The minimum Gasteiger partial charge on any atom is -0.486 e. The van der Waals surface area contributed by atoms with E-state index < -0.39 is 0 Å². The monoisotopic (exact) mass is 407 g/mol. The van der Waals surface area contributed by atoms with Crippen molar-refractivity contribution < 1.29 is 14.3 Å². The van der Waals surface area contributed by atoms with Crippen LogP contribution in [0.5, 0.6) is 11.5 Å². The molecule has 0 aliphatic carbocycles. The van der Waals surface area contributed by atoms with Gasteiger partial charge in [-0.05, 0) is 57.3 Å². The van der Waals surface area contributed by atoms with E-state index in [2.05, 4.69) is 20.9 Å². The number of nitrogens with one attached hydrogen (secondary N) is 2. The third kappa shape index (κ3) is 4.39. The van der Waals surface area contributed by atoms with Crippen LogP contribution >= 0.6 is 12.4 Å². The molecule has 1 fully saturated rings. The summed E-state index contributed by atoms with van der Waals surface area (Å²) in [5.74, 6) is 1.85. The zero-order valence-corrected chi connectivity index (χ0v) is 16.8. The smallest absolute Gasteiger partial charge is 0.273 e. The van der Waals surface area contributed by atoms with E-state index in [1.807, 2.05) is 25.1 Å². The Morgan fingerprint density at radius 2 is 2.14 bits per heavy atom. The highest BCUT2D eigenvalue weighted by molar-refractivity contribution is 5.93. The van der Waals surface area contributed by atoms with Crippen molar-refractivity contribution in [3.8, 4) is 17.2 Å². The van der Waals surface area contributed by atoms with Crippen molar-refractivity contribution in [2.45, 2.75) is 26.2 Å². The van der Waals surface area contributed by atoms with Crippen LogP contribution in [0.3, 0.4) is 0 Å². The predicted molar refractivity (Wildman–Crippen MR) is 107 cm³/mol. The van der Waals surface area contributed by atoms with Gasteiger partial charge in [-0.15, -0.1) is 17.5 Å². The van der Waals surface area contributed by atoms with Crippen molar-refractivity contribution >= 4 is 18.3 Å². The number of hydrogen-bond donors (Lipinski definition) is 2. The van der Waals surface area contributed by atoms with Crippen molar-refractivity contribution in [1.29, 1.82) is 0 Å². The standard InChI is InChI=1S/C19H25N5O3.ClH/c1-13-18(19(25)21-8-6-14-3-2-7-20-12-14)22-23-24(13)15-4-5-16-17(11-15)27-10-9-26-16;/h4-5,11,14,20H,2-3,6-10,12H2,1H3,(H,21,25);1H. The van der Waals surface area contributed by atoms with E-state index in [-0.39, 0.29) is 18.3 Å². The van der Waals surface area contributed by atoms with E-state index >= 15 is 0 Å². The number of carbonyl (C=O) groups excluding carboxylic acids is 1. The Balaban J connectivity index is 0.00000225. The molecular weight excluding hydrogens is 382 g/mol. The SMILES string of the molecule is Cc1c(C(=O)NCCC2CCCNC2)nnn1-c1ccc2c(c1)OCCO2.Cl. The lowest BCUT2D eigenvalue weighted by Crippen LogP contribution is -2.33. The highest BCUT2D eigenvalue weighted by atomic mass is 35.5. The lowest BCUT2D eigenvalue weighted by molar-refractivity contribution is 0.0945. The van der Waals surface area contributed by atoms with Crippen molar-refractivity contribution in [2.75, 3.05) is 32.8 Å². The summed E-state index contributed by atoms with van der Waals surface area (Å²) in [5, 5.41) is 14.6. The molecule has 4 rings (SSSR count). The fourth-order valence-electron chi connectivity index (χ4n) is 3.59. The fourth-order valence-corrected chi connectivity index (χ4v) is 3.59. The largest absolute Gasteiger partial charge is 0.486 e. The summed E-state index contributed by atoms with van der Waals surface area (Å²) in [6.45, 7) is 5.71. The molecule has 2 aromatic rings. The van der Waals surface area contributed by atoms with Gasteiger partial charge in [-0.25, -0.2) is 4.68 Å². The number of ether oxygens (including phenoxy) is 2. The van der Waals surface area contributed by atoms with E-state index in [1.54, 1.807) is 4.68 Å². The normalized spacial score (nSPS) is 18.2. The van der Waals surface area contributed by atoms with Crippen LogP contribution in [0.4, 0.5) is 0 Å². The van der Waals surface area contributed by atoms with Crippen molar-refractivity contribution in [3.63, 3.8) is 0 Å². The number of rotatable bonds is 5. The molecule has 1 saturated heterocycles. The molecular formula is C19H26ClN5O3. The van der Waals surface area contributed by atoms with Gasteiger partial charge >= 0.3 is 0 Å². The second-order valence-electron chi connectivity index (χ2n) is 7.02. The summed E-state index contributed by atoms with van der Waals surface area (Å²) in [6, 6.07) is 5.59. The second-order valence-corrected chi connectivity index (χ2v) is 7.02.